The first-order valence-corrected chi connectivity index (χ1v) is 5.42. The molecule has 2 rings (SSSR count). The second-order valence-corrected chi connectivity index (χ2v) is 3.31. The van der Waals surface area contributed by atoms with Crippen LogP contribution >= 0.6 is 0 Å². The molecule has 2 heteroatoms. The fourth-order valence-corrected chi connectivity index (χ4v) is 1.21. The van der Waals surface area contributed by atoms with Crippen molar-refractivity contribution < 1.29 is 0 Å². The standard InChI is InChI=1S/C8H11N.C6H7N/c1-2-9-8-6-4-3-5-7-8;7-6-4-2-1-3-5-6/h3-7,9H,2H2,1H3;1-5H,7H2. The third kappa shape index (κ3) is 5.05. The highest BCUT2D eigenvalue weighted by Gasteiger charge is 1.81. The Balaban J connectivity index is 0.000000165. The summed E-state index contributed by atoms with van der Waals surface area (Å²) in [6.07, 6.45) is 0. The number of nitrogen functional groups attached to an aromatic ring is 1. The van der Waals surface area contributed by atoms with E-state index in [2.05, 4.69) is 24.4 Å². The van der Waals surface area contributed by atoms with Gasteiger partial charge in [-0.1, -0.05) is 36.4 Å². The maximum Gasteiger partial charge on any atom is 0.0340 e. The molecular weight excluding hydrogens is 196 g/mol. The fraction of sp³-hybridized carbons (Fsp3) is 0.143. The van der Waals surface area contributed by atoms with Gasteiger partial charge in [-0.05, 0) is 31.2 Å². The maximum absolute atomic E-state index is 5.36. The zero-order chi connectivity index (χ0) is 11.6. The molecule has 0 aliphatic carbocycles. The fourth-order valence-electron chi connectivity index (χ4n) is 1.21. The zero-order valence-electron chi connectivity index (χ0n) is 9.56. The average molecular weight is 214 g/mol. The first-order chi connectivity index (χ1) is 7.83. The van der Waals surface area contributed by atoms with Gasteiger partial charge in [0.15, 0.2) is 0 Å². The Bertz CT molecular complexity index is 370. The molecule has 0 unspecified atom stereocenters. The minimum atomic E-state index is 0.822. The molecule has 0 atom stereocenters. The Morgan fingerprint density at radius 3 is 1.75 bits per heavy atom. The van der Waals surface area contributed by atoms with Crippen molar-refractivity contribution in [2.24, 2.45) is 0 Å². The van der Waals surface area contributed by atoms with Crippen molar-refractivity contribution in [3.05, 3.63) is 60.7 Å². The molecule has 0 saturated heterocycles. The van der Waals surface area contributed by atoms with E-state index in [1.54, 1.807) is 0 Å². The highest BCUT2D eigenvalue weighted by atomic mass is 14.8. The van der Waals surface area contributed by atoms with Gasteiger partial charge < -0.3 is 11.1 Å². The molecule has 84 valence electrons. The van der Waals surface area contributed by atoms with Crippen LogP contribution in [0.2, 0.25) is 0 Å². The van der Waals surface area contributed by atoms with E-state index in [0.717, 1.165) is 12.2 Å². The van der Waals surface area contributed by atoms with Crippen LogP contribution in [0.1, 0.15) is 6.92 Å². The third-order valence-electron chi connectivity index (χ3n) is 1.95. The summed E-state index contributed by atoms with van der Waals surface area (Å²) < 4.78 is 0. The Morgan fingerprint density at radius 2 is 1.38 bits per heavy atom. The summed E-state index contributed by atoms with van der Waals surface area (Å²) in [4.78, 5) is 0. The molecule has 0 saturated carbocycles. The van der Waals surface area contributed by atoms with Gasteiger partial charge in [-0.25, -0.2) is 0 Å². The predicted octanol–water partition coefficient (Wildman–Crippen LogP) is 3.39. The summed E-state index contributed by atoms with van der Waals surface area (Å²) in [5.41, 5.74) is 7.37. The SMILES string of the molecule is CCNc1ccccc1.Nc1ccccc1. The van der Waals surface area contributed by atoms with Gasteiger partial charge in [-0.15, -0.1) is 0 Å². The van der Waals surface area contributed by atoms with Crippen molar-refractivity contribution in [1.29, 1.82) is 0 Å². The van der Waals surface area contributed by atoms with E-state index in [1.807, 2.05) is 48.5 Å². The molecule has 0 amide bonds. The molecule has 3 N–H and O–H groups in total. The van der Waals surface area contributed by atoms with Crippen LogP contribution in [0.15, 0.2) is 60.7 Å². The monoisotopic (exact) mass is 214 g/mol. The molecule has 0 heterocycles. The summed E-state index contributed by atoms with van der Waals surface area (Å²) in [5.74, 6) is 0. The van der Waals surface area contributed by atoms with Crippen molar-refractivity contribution in [3.8, 4) is 0 Å². The van der Waals surface area contributed by atoms with Gasteiger partial charge in [0.25, 0.3) is 0 Å². The van der Waals surface area contributed by atoms with E-state index < -0.39 is 0 Å². The largest absolute Gasteiger partial charge is 0.399 e. The average Bonchev–Trinajstić information content (AvgIpc) is 2.33. The van der Waals surface area contributed by atoms with Crippen molar-refractivity contribution in [2.45, 2.75) is 6.92 Å². The van der Waals surface area contributed by atoms with Crippen molar-refractivity contribution >= 4 is 11.4 Å². The number of benzene rings is 2. The second kappa shape index (κ2) is 7.35. The Kier molecular flexibility index (Phi) is 5.56. The van der Waals surface area contributed by atoms with Gasteiger partial charge in [0.05, 0.1) is 0 Å². The molecular formula is C14H18N2. The summed E-state index contributed by atoms with van der Waals surface area (Å²) >= 11 is 0. The molecule has 0 bridgehead atoms. The number of hydrogen-bond donors (Lipinski definition) is 2. The number of para-hydroxylation sites is 2. The van der Waals surface area contributed by atoms with Gasteiger partial charge in [-0.3, -0.25) is 0 Å². The molecule has 2 nitrogen and oxygen atoms in total. The maximum atomic E-state index is 5.36. The number of hydrogen-bond acceptors (Lipinski definition) is 2. The molecule has 0 spiro atoms. The summed E-state index contributed by atoms with van der Waals surface area (Å²) in [5, 5.41) is 3.21. The number of nitrogens with two attached hydrogens (primary N) is 1. The van der Waals surface area contributed by atoms with E-state index in [0.29, 0.717) is 0 Å². The van der Waals surface area contributed by atoms with E-state index in [4.69, 9.17) is 5.73 Å². The zero-order valence-corrected chi connectivity index (χ0v) is 9.56. The Hall–Kier alpha value is -1.96. The van der Waals surface area contributed by atoms with Crippen molar-refractivity contribution in [1.82, 2.24) is 0 Å². The molecule has 16 heavy (non-hydrogen) atoms. The van der Waals surface area contributed by atoms with Crippen molar-refractivity contribution in [3.63, 3.8) is 0 Å². The van der Waals surface area contributed by atoms with Crippen LogP contribution in [0, 0.1) is 0 Å². The first-order valence-electron chi connectivity index (χ1n) is 5.42. The molecule has 0 radical (unpaired) electrons. The number of rotatable bonds is 2. The lowest BCUT2D eigenvalue weighted by Gasteiger charge is -1.99. The van der Waals surface area contributed by atoms with E-state index in [1.165, 1.54) is 5.69 Å². The number of nitrogens with one attached hydrogen (secondary N) is 1. The van der Waals surface area contributed by atoms with Crippen molar-refractivity contribution in [2.75, 3.05) is 17.6 Å². The Morgan fingerprint density at radius 1 is 0.875 bits per heavy atom. The highest BCUT2D eigenvalue weighted by Crippen LogP contribution is 2.02. The minimum Gasteiger partial charge on any atom is -0.399 e. The van der Waals surface area contributed by atoms with Gasteiger partial charge in [0.1, 0.15) is 0 Å². The van der Waals surface area contributed by atoms with Crippen LogP contribution in [0.4, 0.5) is 11.4 Å². The normalized spacial score (nSPS) is 8.81. The van der Waals surface area contributed by atoms with E-state index >= 15 is 0 Å². The van der Waals surface area contributed by atoms with E-state index in [9.17, 15) is 0 Å². The van der Waals surface area contributed by atoms with Gasteiger partial charge in [-0.2, -0.15) is 0 Å². The molecule has 2 aromatic rings. The lowest BCUT2D eigenvalue weighted by atomic mass is 10.3. The van der Waals surface area contributed by atoms with Crippen LogP contribution in [0.25, 0.3) is 0 Å². The lowest BCUT2D eigenvalue weighted by Crippen LogP contribution is -1.94. The second-order valence-electron chi connectivity index (χ2n) is 3.31. The topological polar surface area (TPSA) is 38.0 Å². The summed E-state index contributed by atoms with van der Waals surface area (Å²) in [6, 6.07) is 19.7. The van der Waals surface area contributed by atoms with Gasteiger partial charge >= 0.3 is 0 Å². The molecule has 0 aromatic heterocycles. The van der Waals surface area contributed by atoms with Crippen LogP contribution < -0.4 is 11.1 Å². The van der Waals surface area contributed by atoms with Crippen LogP contribution in [-0.2, 0) is 0 Å². The van der Waals surface area contributed by atoms with Gasteiger partial charge in [0.2, 0.25) is 0 Å². The summed E-state index contributed by atoms with van der Waals surface area (Å²) in [7, 11) is 0. The van der Waals surface area contributed by atoms with Crippen LogP contribution in [0.3, 0.4) is 0 Å². The van der Waals surface area contributed by atoms with Crippen LogP contribution in [-0.4, -0.2) is 6.54 Å². The Labute approximate surface area is 97.1 Å². The predicted molar refractivity (Wildman–Crippen MR) is 71.5 cm³/mol. The third-order valence-corrected chi connectivity index (χ3v) is 1.95. The first kappa shape index (κ1) is 12.1. The lowest BCUT2D eigenvalue weighted by molar-refractivity contribution is 1.21. The quantitative estimate of drug-likeness (QED) is 0.752. The molecule has 0 aliphatic heterocycles. The van der Waals surface area contributed by atoms with E-state index in [-0.39, 0.29) is 0 Å². The van der Waals surface area contributed by atoms with Gasteiger partial charge in [0, 0.05) is 17.9 Å². The minimum absolute atomic E-state index is 0.822. The number of anilines is 2. The molecule has 0 fully saturated rings. The molecule has 2 aromatic carbocycles. The molecule has 0 aliphatic rings. The smallest absolute Gasteiger partial charge is 0.0340 e. The highest BCUT2D eigenvalue weighted by molar-refractivity contribution is 5.42. The summed E-state index contributed by atoms with van der Waals surface area (Å²) in [6.45, 7) is 3.08. The van der Waals surface area contributed by atoms with Crippen LogP contribution in [0.5, 0.6) is 0 Å².